The first kappa shape index (κ1) is 22.2. The lowest BCUT2D eigenvalue weighted by atomic mass is 10.1. The standard InChI is InChI=1S/C21H25Cl2N3O2/c1-16(27)24-11-5-2-3-8-21(28)26(15-18-7-4-6-12-25-18)14-17-9-10-19(22)20(23)13-17/h4,6-7,9-10,12-13H,2-3,5,8,11,14-15H2,1H3,(H,24,27). The number of rotatable bonds is 10. The van der Waals surface area contributed by atoms with E-state index in [4.69, 9.17) is 23.2 Å². The van der Waals surface area contributed by atoms with Gasteiger partial charge in [0, 0.05) is 32.6 Å². The molecule has 0 unspecified atom stereocenters. The Labute approximate surface area is 176 Å². The third kappa shape index (κ3) is 7.87. The summed E-state index contributed by atoms with van der Waals surface area (Å²) in [5.74, 6) is 0.0375. The van der Waals surface area contributed by atoms with Crippen molar-refractivity contribution in [1.82, 2.24) is 15.2 Å². The maximum atomic E-state index is 12.8. The molecule has 0 atom stereocenters. The molecular formula is C21H25Cl2N3O2. The molecule has 0 spiro atoms. The summed E-state index contributed by atoms with van der Waals surface area (Å²) in [6.07, 6.45) is 4.70. The van der Waals surface area contributed by atoms with Gasteiger partial charge < -0.3 is 10.2 Å². The molecule has 1 aromatic heterocycles. The number of halogens is 2. The van der Waals surface area contributed by atoms with Crippen molar-refractivity contribution in [3.05, 3.63) is 63.9 Å². The first-order valence-electron chi connectivity index (χ1n) is 9.32. The number of amides is 2. The van der Waals surface area contributed by atoms with E-state index in [9.17, 15) is 9.59 Å². The van der Waals surface area contributed by atoms with E-state index in [1.54, 1.807) is 23.2 Å². The van der Waals surface area contributed by atoms with Crippen LogP contribution in [0.3, 0.4) is 0 Å². The van der Waals surface area contributed by atoms with Gasteiger partial charge in [-0.2, -0.15) is 0 Å². The number of unbranched alkanes of at least 4 members (excludes halogenated alkanes) is 2. The summed E-state index contributed by atoms with van der Waals surface area (Å²) >= 11 is 12.1. The quantitative estimate of drug-likeness (QED) is 0.569. The number of nitrogens with one attached hydrogen (secondary N) is 1. The molecule has 1 N–H and O–H groups in total. The van der Waals surface area contributed by atoms with Crippen LogP contribution >= 0.6 is 23.2 Å². The van der Waals surface area contributed by atoms with Crippen LogP contribution in [-0.4, -0.2) is 28.2 Å². The minimum atomic E-state index is -0.0285. The molecule has 0 saturated heterocycles. The van der Waals surface area contributed by atoms with Gasteiger partial charge in [-0.1, -0.05) is 41.8 Å². The summed E-state index contributed by atoms with van der Waals surface area (Å²) in [5, 5.41) is 3.73. The van der Waals surface area contributed by atoms with Crippen LogP contribution in [0.15, 0.2) is 42.6 Å². The van der Waals surface area contributed by atoms with Crippen LogP contribution in [0.4, 0.5) is 0 Å². The lowest BCUT2D eigenvalue weighted by Crippen LogP contribution is -2.30. The zero-order valence-electron chi connectivity index (χ0n) is 16.0. The van der Waals surface area contributed by atoms with Crippen molar-refractivity contribution in [3.8, 4) is 0 Å². The highest BCUT2D eigenvalue weighted by molar-refractivity contribution is 6.42. The second-order valence-corrected chi connectivity index (χ2v) is 7.43. The number of hydrogen-bond donors (Lipinski definition) is 1. The number of nitrogens with zero attached hydrogens (tertiary/aromatic N) is 2. The van der Waals surface area contributed by atoms with Crippen LogP contribution in [0.1, 0.15) is 43.9 Å². The van der Waals surface area contributed by atoms with Gasteiger partial charge in [0.25, 0.3) is 0 Å². The Balaban J connectivity index is 1.95. The molecule has 150 valence electrons. The van der Waals surface area contributed by atoms with Gasteiger partial charge in [-0.05, 0) is 42.7 Å². The van der Waals surface area contributed by atoms with Crippen LogP contribution in [0.2, 0.25) is 10.0 Å². The van der Waals surface area contributed by atoms with Crippen molar-refractivity contribution >= 4 is 35.0 Å². The number of carbonyl (C=O) groups excluding carboxylic acids is 2. The highest BCUT2D eigenvalue weighted by Crippen LogP contribution is 2.24. The molecule has 1 aromatic carbocycles. The summed E-state index contributed by atoms with van der Waals surface area (Å²) in [7, 11) is 0. The van der Waals surface area contributed by atoms with Gasteiger partial charge in [0.15, 0.2) is 0 Å². The van der Waals surface area contributed by atoms with E-state index < -0.39 is 0 Å². The molecule has 28 heavy (non-hydrogen) atoms. The monoisotopic (exact) mass is 421 g/mol. The molecule has 0 aliphatic heterocycles. The van der Waals surface area contributed by atoms with Crippen molar-refractivity contribution in [1.29, 1.82) is 0 Å². The van der Waals surface area contributed by atoms with E-state index in [-0.39, 0.29) is 11.8 Å². The van der Waals surface area contributed by atoms with Gasteiger partial charge >= 0.3 is 0 Å². The third-order valence-electron chi connectivity index (χ3n) is 4.23. The molecule has 7 heteroatoms. The number of aromatic nitrogens is 1. The van der Waals surface area contributed by atoms with Crippen molar-refractivity contribution in [3.63, 3.8) is 0 Å². The van der Waals surface area contributed by atoms with Gasteiger partial charge in [-0.3, -0.25) is 14.6 Å². The largest absolute Gasteiger partial charge is 0.356 e. The Kier molecular flexibility index (Phi) is 9.24. The van der Waals surface area contributed by atoms with Crippen molar-refractivity contribution in [2.24, 2.45) is 0 Å². The minimum Gasteiger partial charge on any atom is -0.356 e. The Bertz CT molecular complexity index is 784. The van der Waals surface area contributed by atoms with Crippen LogP contribution < -0.4 is 5.32 Å². The Morgan fingerprint density at radius 3 is 2.54 bits per heavy atom. The Hall–Kier alpha value is -2.11. The first-order valence-corrected chi connectivity index (χ1v) is 10.1. The lowest BCUT2D eigenvalue weighted by Gasteiger charge is -2.23. The predicted molar refractivity (Wildman–Crippen MR) is 112 cm³/mol. The van der Waals surface area contributed by atoms with Gasteiger partial charge in [0.2, 0.25) is 11.8 Å². The molecule has 2 amide bonds. The van der Waals surface area contributed by atoms with Gasteiger partial charge in [0.05, 0.1) is 22.3 Å². The summed E-state index contributed by atoms with van der Waals surface area (Å²) in [6.45, 7) is 3.02. The molecule has 1 heterocycles. The van der Waals surface area contributed by atoms with Gasteiger partial charge in [-0.15, -0.1) is 0 Å². The molecule has 5 nitrogen and oxygen atoms in total. The molecule has 0 saturated carbocycles. The average molecular weight is 422 g/mol. The van der Waals surface area contributed by atoms with Crippen LogP contribution in [0, 0.1) is 0 Å². The van der Waals surface area contributed by atoms with E-state index in [0.29, 0.717) is 36.1 Å². The summed E-state index contributed by atoms with van der Waals surface area (Å²) in [4.78, 5) is 29.8. The molecule has 2 rings (SSSR count). The second-order valence-electron chi connectivity index (χ2n) is 6.61. The summed E-state index contributed by atoms with van der Waals surface area (Å²) in [6, 6.07) is 11.1. The van der Waals surface area contributed by atoms with Crippen LogP contribution in [0.5, 0.6) is 0 Å². The molecule has 0 aliphatic carbocycles. The number of pyridine rings is 1. The predicted octanol–water partition coefficient (Wildman–Crippen LogP) is 4.61. The number of carbonyl (C=O) groups is 2. The fraction of sp³-hybridized carbons (Fsp3) is 0.381. The minimum absolute atomic E-state index is 0.0285. The normalized spacial score (nSPS) is 10.5. The summed E-state index contributed by atoms with van der Waals surface area (Å²) in [5.41, 5.74) is 1.76. The zero-order valence-corrected chi connectivity index (χ0v) is 17.5. The first-order chi connectivity index (χ1) is 13.5. The van der Waals surface area contributed by atoms with Gasteiger partial charge in [0.1, 0.15) is 0 Å². The molecule has 0 radical (unpaired) electrons. The number of benzene rings is 1. The topological polar surface area (TPSA) is 62.3 Å². The van der Waals surface area contributed by atoms with Crippen molar-refractivity contribution < 1.29 is 9.59 Å². The molecular weight excluding hydrogens is 397 g/mol. The SMILES string of the molecule is CC(=O)NCCCCCC(=O)N(Cc1ccc(Cl)c(Cl)c1)Cc1ccccn1. The number of hydrogen-bond acceptors (Lipinski definition) is 3. The van der Waals surface area contributed by atoms with E-state index in [1.807, 2.05) is 24.3 Å². The fourth-order valence-electron chi connectivity index (χ4n) is 2.78. The molecule has 0 fully saturated rings. The molecule has 0 aliphatic rings. The van der Waals surface area contributed by atoms with Crippen molar-refractivity contribution in [2.45, 2.75) is 45.7 Å². The maximum Gasteiger partial charge on any atom is 0.223 e. The highest BCUT2D eigenvalue weighted by atomic mass is 35.5. The van der Waals surface area contributed by atoms with Gasteiger partial charge in [-0.25, -0.2) is 0 Å². The van der Waals surface area contributed by atoms with E-state index in [0.717, 1.165) is 30.5 Å². The second kappa shape index (κ2) is 11.7. The Morgan fingerprint density at radius 2 is 1.86 bits per heavy atom. The third-order valence-corrected chi connectivity index (χ3v) is 4.97. The van der Waals surface area contributed by atoms with E-state index >= 15 is 0 Å². The summed E-state index contributed by atoms with van der Waals surface area (Å²) < 4.78 is 0. The molecule has 0 bridgehead atoms. The van der Waals surface area contributed by atoms with Crippen molar-refractivity contribution in [2.75, 3.05) is 6.54 Å². The maximum absolute atomic E-state index is 12.8. The fourth-order valence-corrected chi connectivity index (χ4v) is 3.10. The van der Waals surface area contributed by atoms with Crippen LogP contribution in [0.25, 0.3) is 0 Å². The average Bonchev–Trinajstić information content (AvgIpc) is 2.67. The Morgan fingerprint density at radius 1 is 1.04 bits per heavy atom. The van der Waals surface area contributed by atoms with E-state index in [2.05, 4.69) is 10.3 Å². The highest BCUT2D eigenvalue weighted by Gasteiger charge is 2.15. The molecule has 2 aromatic rings. The lowest BCUT2D eigenvalue weighted by molar-refractivity contribution is -0.132. The van der Waals surface area contributed by atoms with E-state index in [1.165, 1.54) is 6.92 Å². The smallest absolute Gasteiger partial charge is 0.223 e. The van der Waals surface area contributed by atoms with Crippen LogP contribution in [-0.2, 0) is 22.7 Å². The zero-order chi connectivity index (χ0) is 20.4.